The molecule has 0 amide bonds. The van der Waals surface area contributed by atoms with E-state index in [4.69, 9.17) is 10.5 Å². The van der Waals surface area contributed by atoms with Gasteiger partial charge in [0.15, 0.2) is 0 Å². The van der Waals surface area contributed by atoms with Crippen LogP contribution in [-0.2, 0) is 0 Å². The first-order valence-electron chi connectivity index (χ1n) is 5.10. The van der Waals surface area contributed by atoms with E-state index in [0.717, 1.165) is 12.8 Å². The van der Waals surface area contributed by atoms with Gasteiger partial charge in [-0.2, -0.15) is 9.97 Å². The highest BCUT2D eigenvalue weighted by Crippen LogP contribution is 2.15. The maximum Gasteiger partial charge on any atom is 0.225 e. The second-order valence-electron chi connectivity index (χ2n) is 3.49. The molecule has 0 aliphatic rings. The van der Waals surface area contributed by atoms with Crippen LogP contribution in [0.4, 0.5) is 11.8 Å². The van der Waals surface area contributed by atoms with Gasteiger partial charge in [0.1, 0.15) is 5.82 Å². The Kier molecular flexibility index (Phi) is 4.15. The molecule has 0 radical (unpaired) electrons. The maximum atomic E-state index is 5.54. The van der Waals surface area contributed by atoms with Crippen LogP contribution in [0, 0.1) is 0 Å². The normalized spacial score (nSPS) is 12.2. The zero-order valence-electron chi connectivity index (χ0n) is 9.45. The molecule has 0 aliphatic carbocycles. The van der Waals surface area contributed by atoms with Crippen LogP contribution in [-0.4, -0.2) is 23.1 Å². The highest BCUT2D eigenvalue weighted by molar-refractivity contribution is 5.43. The summed E-state index contributed by atoms with van der Waals surface area (Å²) in [5, 5.41) is 3.25. The molecule has 0 saturated carbocycles. The van der Waals surface area contributed by atoms with Crippen molar-refractivity contribution in [3.05, 3.63) is 6.07 Å². The molecule has 0 aromatic carbocycles. The Hall–Kier alpha value is -1.52. The zero-order chi connectivity index (χ0) is 11.3. The SMILES string of the molecule is CCCC(C)Nc1cc(OC)nc(N)n1. The van der Waals surface area contributed by atoms with Crippen molar-refractivity contribution in [3.8, 4) is 5.88 Å². The van der Waals surface area contributed by atoms with E-state index >= 15 is 0 Å². The Morgan fingerprint density at radius 1 is 1.53 bits per heavy atom. The van der Waals surface area contributed by atoms with Crippen LogP contribution in [0.25, 0.3) is 0 Å². The molecular formula is C10H18N4O. The number of anilines is 2. The fourth-order valence-electron chi connectivity index (χ4n) is 1.38. The van der Waals surface area contributed by atoms with Crippen LogP contribution in [0.1, 0.15) is 26.7 Å². The molecule has 1 aromatic rings. The summed E-state index contributed by atoms with van der Waals surface area (Å²) in [6.07, 6.45) is 2.22. The highest BCUT2D eigenvalue weighted by Gasteiger charge is 2.05. The first kappa shape index (κ1) is 11.6. The molecule has 0 aliphatic heterocycles. The molecule has 1 rings (SSSR count). The minimum Gasteiger partial charge on any atom is -0.481 e. The Balaban J connectivity index is 2.71. The Morgan fingerprint density at radius 2 is 2.27 bits per heavy atom. The molecule has 1 aromatic heterocycles. The van der Waals surface area contributed by atoms with E-state index in [2.05, 4.69) is 29.1 Å². The average molecular weight is 210 g/mol. The number of hydrogen-bond acceptors (Lipinski definition) is 5. The first-order chi connectivity index (χ1) is 7.15. The lowest BCUT2D eigenvalue weighted by molar-refractivity contribution is 0.398. The van der Waals surface area contributed by atoms with Crippen molar-refractivity contribution >= 4 is 11.8 Å². The molecule has 84 valence electrons. The quantitative estimate of drug-likeness (QED) is 0.773. The summed E-state index contributed by atoms with van der Waals surface area (Å²) >= 11 is 0. The van der Waals surface area contributed by atoms with Gasteiger partial charge in [-0.05, 0) is 13.3 Å². The molecule has 5 nitrogen and oxygen atoms in total. The third-order valence-electron chi connectivity index (χ3n) is 2.05. The summed E-state index contributed by atoms with van der Waals surface area (Å²) in [5.74, 6) is 1.41. The van der Waals surface area contributed by atoms with Crippen LogP contribution >= 0.6 is 0 Å². The fraction of sp³-hybridized carbons (Fsp3) is 0.600. The molecule has 1 atom stereocenters. The number of nitrogens with two attached hydrogens (primary N) is 1. The standard InChI is InChI=1S/C10H18N4O/c1-4-5-7(2)12-8-6-9(15-3)14-10(11)13-8/h6-7H,4-5H2,1-3H3,(H3,11,12,13,14). The van der Waals surface area contributed by atoms with Gasteiger partial charge in [0.25, 0.3) is 0 Å². The molecule has 5 heteroatoms. The molecule has 3 N–H and O–H groups in total. The van der Waals surface area contributed by atoms with Gasteiger partial charge >= 0.3 is 0 Å². The molecule has 0 saturated heterocycles. The van der Waals surface area contributed by atoms with E-state index in [-0.39, 0.29) is 5.95 Å². The van der Waals surface area contributed by atoms with Crippen LogP contribution in [0.15, 0.2) is 6.07 Å². The second-order valence-corrected chi connectivity index (χ2v) is 3.49. The van der Waals surface area contributed by atoms with Crippen LogP contribution in [0.3, 0.4) is 0 Å². The molecule has 0 bridgehead atoms. The predicted octanol–water partition coefficient (Wildman–Crippen LogP) is 1.67. The number of nitrogens with one attached hydrogen (secondary N) is 1. The van der Waals surface area contributed by atoms with Gasteiger partial charge in [-0.3, -0.25) is 0 Å². The Morgan fingerprint density at radius 3 is 2.87 bits per heavy atom. The summed E-state index contributed by atoms with van der Waals surface area (Å²) in [5.41, 5.74) is 5.54. The third kappa shape index (κ3) is 3.61. The van der Waals surface area contributed by atoms with Crippen molar-refractivity contribution in [2.24, 2.45) is 0 Å². The fourth-order valence-corrected chi connectivity index (χ4v) is 1.38. The zero-order valence-corrected chi connectivity index (χ0v) is 9.45. The summed E-state index contributed by atoms with van der Waals surface area (Å²) in [6.45, 7) is 4.25. The van der Waals surface area contributed by atoms with Crippen molar-refractivity contribution in [1.29, 1.82) is 0 Å². The van der Waals surface area contributed by atoms with E-state index in [1.54, 1.807) is 13.2 Å². The van der Waals surface area contributed by atoms with E-state index in [0.29, 0.717) is 17.7 Å². The number of hydrogen-bond donors (Lipinski definition) is 2. The Bertz CT molecular complexity index is 316. The lowest BCUT2D eigenvalue weighted by atomic mass is 10.2. The maximum absolute atomic E-state index is 5.54. The van der Waals surface area contributed by atoms with Gasteiger partial charge in [-0.25, -0.2) is 0 Å². The first-order valence-corrected chi connectivity index (χ1v) is 5.10. The van der Waals surface area contributed by atoms with Gasteiger partial charge in [0.2, 0.25) is 11.8 Å². The van der Waals surface area contributed by atoms with E-state index in [9.17, 15) is 0 Å². The molecule has 1 unspecified atom stereocenters. The predicted molar refractivity (Wildman–Crippen MR) is 61.0 cm³/mol. The van der Waals surface area contributed by atoms with Gasteiger partial charge in [-0.1, -0.05) is 13.3 Å². The number of methoxy groups -OCH3 is 1. The average Bonchev–Trinajstić information content (AvgIpc) is 2.17. The highest BCUT2D eigenvalue weighted by atomic mass is 16.5. The molecule has 0 spiro atoms. The van der Waals surface area contributed by atoms with Gasteiger partial charge in [0.05, 0.1) is 7.11 Å². The monoisotopic (exact) mass is 210 g/mol. The van der Waals surface area contributed by atoms with Crippen molar-refractivity contribution < 1.29 is 4.74 Å². The van der Waals surface area contributed by atoms with Gasteiger partial charge < -0.3 is 15.8 Å². The number of nitrogen functional groups attached to an aromatic ring is 1. The smallest absolute Gasteiger partial charge is 0.225 e. The lowest BCUT2D eigenvalue weighted by Gasteiger charge is -2.13. The van der Waals surface area contributed by atoms with Crippen LogP contribution in [0.2, 0.25) is 0 Å². The Labute approximate surface area is 90.1 Å². The van der Waals surface area contributed by atoms with E-state index in [1.807, 2.05) is 0 Å². The molecule has 1 heterocycles. The van der Waals surface area contributed by atoms with Crippen molar-refractivity contribution in [2.45, 2.75) is 32.7 Å². The molecule has 0 fully saturated rings. The van der Waals surface area contributed by atoms with Crippen molar-refractivity contribution in [3.63, 3.8) is 0 Å². The largest absolute Gasteiger partial charge is 0.481 e. The number of rotatable bonds is 5. The second kappa shape index (κ2) is 5.38. The minimum absolute atomic E-state index is 0.223. The third-order valence-corrected chi connectivity index (χ3v) is 2.05. The lowest BCUT2D eigenvalue weighted by Crippen LogP contribution is -2.16. The van der Waals surface area contributed by atoms with Crippen molar-refractivity contribution in [2.75, 3.05) is 18.2 Å². The number of nitrogens with zero attached hydrogens (tertiary/aromatic N) is 2. The topological polar surface area (TPSA) is 73.1 Å². The summed E-state index contributed by atoms with van der Waals surface area (Å²) in [4.78, 5) is 7.99. The minimum atomic E-state index is 0.223. The summed E-state index contributed by atoms with van der Waals surface area (Å²) < 4.78 is 5.01. The van der Waals surface area contributed by atoms with Crippen LogP contribution in [0.5, 0.6) is 5.88 Å². The summed E-state index contributed by atoms with van der Waals surface area (Å²) in [6, 6.07) is 2.11. The van der Waals surface area contributed by atoms with Gasteiger partial charge in [0, 0.05) is 12.1 Å². The number of aromatic nitrogens is 2. The molecule has 15 heavy (non-hydrogen) atoms. The summed E-state index contributed by atoms with van der Waals surface area (Å²) in [7, 11) is 1.56. The van der Waals surface area contributed by atoms with E-state index in [1.165, 1.54) is 0 Å². The van der Waals surface area contributed by atoms with Crippen LogP contribution < -0.4 is 15.8 Å². The van der Waals surface area contributed by atoms with E-state index < -0.39 is 0 Å². The van der Waals surface area contributed by atoms with Crippen molar-refractivity contribution in [1.82, 2.24) is 9.97 Å². The molecular weight excluding hydrogens is 192 g/mol. The van der Waals surface area contributed by atoms with Gasteiger partial charge in [-0.15, -0.1) is 0 Å². The number of ether oxygens (including phenoxy) is 1.